The van der Waals surface area contributed by atoms with E-state index in [-0.39, 0.29) is 22.1 Å². The van der Waals surface area contributed by atoms with Crippen LogP contribution in [-0.4, -0.2) is 0 Å². The van der Waals surface area contributed by atoms with Crippen molar-refractivity contribution in [3.05, 3.63) is 58.6 Å². The molecule has 2 nitrogen and oxygen atoms in total. The smallest absolute Gasteiger partial charge is 0.146 e. The molecule has 0 amide bonds. The summed E-state index contributed by atoms with van der Waals surface area (Å²) >= 11 is 5.77. The molecular weight excluding hydrogens is 260 g/mol. The summed E-state index contributed by atoms with van der Waals surface area (Å²) in [4.78, 5) is 0. The Morgan fingerprint density at radius 1 is 1.06 bits per heavy atom. The number of benzene rings is 2. The van der Waals surface area contributed by atoms with E-state index in [0.29, 0.717) is 0 Å². The zero-order valence-corrected chi connectivity index (χ0v) is 9.71. The molecule has 2 aromatic rings. The van der Waals surface area contributed by atoms with Crippen LogP contribution in [0.3, 0.4) is 0 Å². The molecule has 0 aliphatic carbocycles. The van der Waals surface area contributed by atoms with Gasteiger partial charge in [0.25, 0.3) is 0 Å². The third kappa shape index (κ3) is 2.76. The molecule has 0 bridgehead atoms. The van der Waals surface area contributed by atoms with Crippen LogP contribution in [0.2, 0.25) is 5.02 Å². The van der Waals surface area contributed by atoms with E-state index in [9.17, 15) is 8.78 Å². The van der Waals surface area contributed by atoms with E-state index in [1.54, 1.807) is 6.07 Å². The maximum Gasteiger partial charge on any atom is 0.146 e. The van der Waals surface area contributed by atoms with E-state index in [4.69, 9.17) is 21.6 Å². The molecule has 0 saturated carbocycles. The second kappa shape index (κ2) is 5.03. The zero-order valence-electron chi connectivity index (χ0n) is 8.95. The third-order valence-electron chi connectivity index (χ3n) is 2.12. The van der Waals surface area contributed by atoms with Crippen LogP contribution >= 0.6 is 11.6 Å². The Morgan fingerprint density at radius 2 is 1.83 bits per heavy atom. The SMILES string of the molecule is N#Cc1cc(F)cc(Oc2ccc(F)cc2Cl)c1. The summed E-state index contributed by atoms with van der Waals surface area (Å²) in [6.07, 6.45) is 0. The number of hydrogen-bond donors (Lipinski definition) is 0. The highest BCUT2D eigenvalue weighted by molar-refractivity contribution is 6.32. The lowest BCUT2D eigenvalue weighted by Crippen LogP contribution is -1.89. The first kappa shape index (κ1) is 12.3. The summed E-state index contributed by atoms with van der Waals surface area (Å²) in [6, 6.07) is 8.95. The van der Waals surface area contributed by atoms with Crippen molar-refractivity contribution in [1.29, 1.82) is 5.26 Å². The summed E-state index contributed by atoms with van der Waals surface area (Å²) in [5.74, 6) is -0.779. The lowest BCUT2D eigenvalue weighted by atomic mass is 10.2. The monoisotopic (exact) mass is 265 g/mol. The lowest BCUT2D eigenvalue weighted by Gasteiger charge is -2.07. The normalized spacial score (nSPS) is 9.89. The fraction of sp³-hybridized carbons (Fsp3) is 0. The van der Waals surface area contributed by atoms with Gasteiger partial charge in [-0.3, -0.25) is 0 Å². The van der Waals surface area contributed by atoms with Crippen molar-refractivity contribution in [2.75, 3.05) is 0 Å². The van der Waals surface area contributed by atoms with Gasteiger partial charge in [-0.25, -0.2) is 8.78 Å². The Labute approximate surface area is 107 Å². The van der Waals surface area contributed by atoms with Crippen LogP contribution in [0, 0.1) is 23.0 Å². The molecule has 0 fully saturated rings. The first-order valence-corrected chi connectivity index (χ1v) is 5.30. The summed E-state index contributed by atoms with van der Waals surface area (Å²) in [5, 5.41) is 8.76. The number of halogens is 3. The summed E-state index contributed by atoms with van der Waals surface area (Å²) < 4.78 is 31.3. The molecule has 0 radical (unpaired) electrons. The third-order valence-corrected chi connectivity index (χ3v) is 2.42. The molecule has 0 spiro atoms. The lowest BCUT2D eigenvalue weighted by molar-refractivity contribution is 0.475. The first-order chi connectivity index (χ1) is 8.58. The molecule has 0 aliphatic heterocycles. The topological polar surface area (TPSA) is 33.0 Å². The minimum absolute atomic E-state index is 0.0674. The molecule has 0 aromatic heterocycles. The molecular formula is C13H6ClF2NO. The quantitative estimate of drug-likeness (QED) is 0.812. The minimum atomic E-state index is -0.595. The van der Waals surface area contributed by atoms with Crippen molar-refractivity contribution in [1.82, 2.24) is 0 Å². The van der Waals surface area contributed by atoms with Crippen LogP contribution in [0.5, 0.6) is 11.5 Å². The van der Waals surface area contributed by atoms with Crippen LogP contribution in [0.15, 0.2) is 36.4 Å². The zero-order chi connectivity index (χ0) is 13.1. The number of nitriles is 1. The predicted molar refractivity (Wildman–Crippen MR) is 62.6 cm³/mol. The minimum Gasteiger partial charge on any atom is -0.456 e. The molecule has 0 N–H and O–H groups in total. The Bertz CT molecular complexity index is 637. The fourth-order valence-electron chi connectivity index (χ4n) is 1.37. The van der Waals surface area contributed by atoms with E-state index in [2.05, 4.69) is 0 Å². The summed E-state index contributed by atoms with van der Waals surface area (Å²) in [6.45, 7) is 0. The highest BCUT2D eigenvalue weighted by Gasteiger charge is 2.07. The molecule has 0 atom stereocenters. The molecule has 90 valence electrons. The second-order valence-corrected chi connectivity index (χ2v) is 3.87. The van der Waals surface area contributed by atoms with Crippen molar-refractivity contribution in [3.8, 4) is 17.6 Å². The van der Waals surface area contributed by atoms with Gasteiger partial charge < -0.3 is 4.74 Å². The molecule has 0 heterocycles. The molecule has 0 unspecified atom stereocenters. The van der Waals surface area contributed by atoms with E-state index >= 15 is 0 Å². The van der Waals surface area contributed by atoms with E-state index < -0.39 is 11.6 Å². The van der Waals surface area contributed by atoms with Gasteiger partial charge in [0.05, 0.1) is 16.7 Å². The van der Waals surface area contributed by atoms with Gasteiger partial charge in [0.15, 0.2) is 0 Å². The molecule has 0 aliphatic rings. The number of ether oxygens (including phenoxy) is 1. The van der Waals surface area contributed by atoms with E-state index in [1.165, 1.54) is 18.2 Å². The van der Waals surface area contributed by atoms with Crippen molar-refractivity contribution in [2.45, 2.75) is 0 Å². The number of rotatable bonds is 2. The van der Waals surface area contributed by atoms with Crippen LogP contribution < -0.4 is 4.74 Å². The van der Waals surface area contributed by atoms with Gasteiger partial charge in [-0.05, 0) is 30.3 Å². The van der Waals surface area contributed by atoms with Crippen LogP contribution in [-0.2, 0) is 0 Å². The van der Waals surface area contributed by atoms with Gasteiger partial charge in [0, 0.05) is 6.07 Å². The molecule has 5 heteroatoms. The van der Waals surface area contributed by atoms with Crippen LogP contribution in [0.25, 0.3) is 0 Å². The van der Waals surface area contributed by atoms with Gasteiger partial charge in [0.2, 0.25) is 0 Å². The standard InChI is InChI=1S/C13H6ClF2NO/c14-12-6-9(15)1-2-13(12)18-11-4-8(7-17)3-10(16)5-11/h1-6H. The van der Waals surface area contributed by atoms with Crippen LogP contribution in [0.4, 0.5) is 8.78 Å². The van der Waals surface area contributed by atoms with Crippen molar-refractivity contribution in [3.63, 3.8) is 0 Å². The largest absolute Gasteiger partial charge is 0.456 e. The van der Waals surface area contributed by atoms with Crippen LogP contribution in [0.1, 0.15) is 5.56 Å². The van der Waals surface area contributed by atoms with E-state index in [0.717, 1.165) is 18.2 Å². The average Bonchev–Trinajstić information content (AvgIpc) is 2.32. The number of hydrogen-bond acceptors (Lipinski definition) is 2. The predicted octanol–water partition coefficient (Wildman–Crippen LogP) is 4.28. The highest BCUT2D eigenvalue weighted by Crippen LogP contribution is 2.30. The molecule has 2 aromatic carbocycles. The summed E-state index contributed by atoms with van der Waals surface area (Å²) in [5.41, 5.74) is 0.128. The molecule has 18 heavy (non-hydrogen) atoms. The summed E-state index contributed by atoms with van der Waals surface area (Å²) in [7, 11) is 0. The Kier molecular flexibility index (Phi) is 3.45. The van der Waals surface area contributed by atoms with Gasteiger partial charge in [-0.15, -0.1) is 0 Å². The van der Waals surface area contributed by atoms with Gasteiger partial charge >= 0.3 is 0 Å². The number of nitrogens with zero attached hydrogens (tertiary/aromatic N) is 1. The maximum absolute atomic E-state index is 13.2. The van der Waals surface area contributed by atoms with Crippen molar-refractivity contribution >= 4 is 11.6 Å². The van der Waals surface area contributed by atoms with Gasteiger partial charge in [-0.2, -0.15) is 5.26 Å². The second-order valence-electron chi connectivity index (χ2n) is 3.46. The Balaban J connectivity index is 2.34. The Morgan fingerprint density at radius 3 is 2.50 bits per heavy atom. The fourth-order valence-corrected chi connectivity index (χ4v) is 1.58. The van der Waals surface area contributed by atoms with Crippen molar-refractivity contribution in [2.24, 2.45) is 0 Å². The van der Waals surface area contributed by atoms with Crippen molar-refractivity contribution < 1.29 is 13.5 Å². The average molecular weight is 266 g/mol. The molecule has 0 saturated heterocycles. The maximum atomic E-state index is 13.2. The van der Waals surface area contributed by atoms with E-state index in [1.807, 2.05) is 0 Å². The Hall–Kier alpha value is -2.12. The van der Waals surface area contributed by atoms with Gasteiger partial charge in [-0.1, -0.05) is 11.6 Å². The highest BCUT2D eigenvalue weighted by atomic mass is 35.5. The van der Waals surface area contributed by atoms with Gasteiger partial charge in [0.1, 0.15) is 23.1 Å². The first-order valence-electron chi connectivity index (χ1n) is 4.92. The molecule has 2 rings (SSSR count).